The van der Waals surface area contributed by atoms with Crippen molar-refractivity contribution in [3.05, 3.63) is 46.7 Å². The van der Waals surface area contributed by atoms with E-state index in [4.69, 9.17) is 11.6 Å². The number of amides is 1. The van der Waals surface area contributed by atoms with Gasteiger partial charge in [-0.2, -0.15) is 18.3 Å². The van der Waals surface area contributed by atoms with Crippen LogP contribution < -0.4 is 5.32 Å². The van der Waals surface area contributed by atoms with Crippen LogP contribution in [0.25, 0.3) is 5.69 Å². The Morgan fingerprint density at radius 3 is 2.54 bits per heavy atom. The standard InChI is InChI=1S/C16H17ClF3N3O/c1-3-11(4-2)22-15(24)13-9-21-23(14(13)16(18,19)20)12-7-5-6-10(17)8-12/h5-9,11H,3-4H2,1-2H3,(H,22,24). The first-order valence-electron chi connectivity index (χ1n) is 7.49. The smallest absolute Gasteiger partial charge is 0.349 e. The van der Waals surface area contributed by atoms with Gasteiger partial charge in [-0.1, -0.05) is 31.5 Å². The lowest BCUT2D eigenvalue weighted by Gasteiger charge is -2.16. The van der Waals surface area contributed by atoms with Crippen LogP contribution in [0.15, 0.2) is 30.5 Å². The fourth-order valence-corrected chi connectivity index (χ4v) is 2.53. The molecule has 0 aliphatic heterocycles. The van der Waals surface area contributed by atoms with Crippen LogP contribution in [0.2, 0.25) is 5.02 Å². The Morgan fingerprint density at radius 1 is 1.33 bits per heavy atom. The summed E-state index contributed by atoms with van der Waals surface area (Å²) < 4.78 is 41.2. The van der Waals surface area contributed by atoms with Crippen LogP contribution in [-0.4, -0.2) is 21.7 Å². The predicted octanol–water partition coefficient (Wildman–Crippen LogP) is 4.46. The van der Waals surface area contributed by atoms with Gasteiger partial charge in [0.2, 0.25) is 0 Å². The first-order chi connectivity index (χ1) is 11.3. The number of nitrogens with zero attached hydrogens (tertiary/aromatic N) is 2. The minimum Gasteiger partial charge on any atom is -0.349 e. The van der Waals surface area contributed by atoms with Crippen molar-refractivity contribution >= 4 is 17.5 Å². The van der Waals surface area contributed by atoms with E-state index >= 15 is 0 Å². The number of alkyl halides is 3. The molecule has 0 atom stereocenters. The molecule has 1 aromatic heterocycles. The van der Waals surface area contributed by atoms with E-state index in [1.165, 1.54) is 18.2 Å². The third kappa shape index (κ3) is 3.90. The van der Waals surface area contributed by atoms with E-state index in [0.29, 0.717) is 17.5 Å². The van der Waals surface area contributed by atoms with Gasteiger partial charge in [0.05, 0.1) is 17.4 Å². The second-order valence-electron chi connectivity index (χ2n) is 5.28. The van der Waals surface area contributed by atoms with E-state index in [1.807, 2.05) is 13.8 Å². The Labute approximate surface area is 142 Å². The lowest BCUT2D eigenvalue weighted by molar-refractivity contribution is -0.143. The van der Waals surface area contributed by atoms with Crippen molar-refractivity contribution in [3.63, 3.8) is 0 Å². The van der Waals surface area contributed by atoms with E-state index in [1.54, 1.807) is 6.07 Å². The number of rotatable bonds is 5. The van der Waals surface area contributed by atoms with Crippen molar-refractivity contribution in [3.8, 4) is 5.69 Å². The Balaban J connectivity index is 2.49. The fourth-order valence-electron chi connectivity index (χ4n) is 2.35. The molecule has 0 bridgehead atoms. The zero-order valence-electron chi connectivity index (χ0n) is 13.2. The summed E-state index contributed by atoms with van der Waals surface area (Å²) >= 11 is 5.84. The molecule has 0 unspecified atom stereocenters. The lowest BCUT2D eigenvalue weighted by atomic mass is 10.1. The first kappa shape index (κ1) is 18.3. The van der Waals surface area contributed by atoms with Crippen molar-refractivity contribution in [2.75, 3.05) is 0 Å². The minimum absolute atomic E-state index is 0.136. The Hall–Kier alpha value is -2.02. The number of halogens is 4. The van der Waals surface area contributed by atoms with Gasteiger partial charge in [-0.25, -0.2) is 4.68 Å². The van der Waals surface area contributed by atoms with Crippen LogP contribution >= 0.6 is 11.6 Å². The molecule has 1 N–H and O–H groups in total. The molecule has 8 heteroatoms. The van der Waals surface area contributed by atoms with Gasteiger partial charge < -0.3 is 5.32 Å². The minimum atomic E-state index is -4.74. The summed E-state index contributed by atoms with van der Waals surface area (Å²) in [5.74, 6) is -0.788. The Kier molecular flexibility index (Phi) is 5.54. The average molecular weight is 360 g/mol. The molecule has 0 saturated heterocycles. The molecule has 2 aromatic rings. The molecule has 1 heterocycles. The van der Waals surface area contributed by atoms with Gasteiger partial charge in [0.1, 0.15) is 0 Å². The van der Waals surface area contributed by atoms with Gasteiger partial charge in [0.25, 0.3) is 5.91 Å². The van der Waals surface area contributed by atoms with Crippen LogP contribution in [0.3, 0.4) is 0 Å². The SMILES string of the molecule is CCC(CC)NC(=O)c1cnn(-c2cccc(Cl)c2)c1C(F)(F)F. The topological polar surface area (TPSA) is 46.9 Å². The third-order valence-electron chi connectivity index (χ3n) is 3.66. The van der Waals surface area contributed by atoms with Crippen molar-refractivity contribution in [1.29, 1.82) is 0 Å². The number of nitrogens with one attached hydrogen (secondary N) is 1. The van der Waals surface area contributed by atoms with E-state index in [-0.39, 0.29) is 16.8 Å². The number of benzene rings is 1. The average Bonchev–Trinajstić information content (AvgIpc) is 2.97. The van der Waals surface area contributed by atoms with Crippen LogP contribution in [-0.2, 0) is 6.18 Å². The number of hydrogen-bond donors (Lipinski definition) is 1. The maximum absolute atomic E-state index is 13.5. The van der Waals surface area contributed by atoms with Crippen molar-refractivity contribution in [1.82, 2.24) is 15.1 Å². The van der Waals surface area contributed by atoms with Gasteiger partial charge in [-0.05, 0) is 31.0 Å². The summed E-state index contributed by atoms with van der Waals surface area (Å²) in [6.45, 7) is 3.71. The molecule has 4 nitrogen and oxygen atoms in total. The molecular formula is C16H17ClF3N3O. The monoisotopic (exact) mass is 359 g/mol. The maximum atomic E-state index is 13.5. The third-order valence-corrected chi connectivity index (χ3v) is 3.89. The Morgan fingerprint density at radius 2 is 2.00 bits per heavy atom. The molecule has 2 rings (SSSR count). The van der Waals surface area contributed by atoms with Gasteiger partial charge in [-0.15, -0.1) is 0 Å². The quantitative estimate of drug-likeness (QED) is 0.856. The van der Waals surface area contributed by atoms with Crippen molar-refractivity contribution in [2.24, 2.45) is 0 Å². The molecule has 0 radical (unpaired) electrons. The molecule has 0 saturated carbocycles. The normalized spacial score (nSPS) is 11.8. The highest BCUT2D eigenvalue weighted by molar-refractivity contribution is 6.30. The first-order valence-corrected chi connectivity index (χ1v) is 7.87. The molecular weight excluding hydrogens is 343 g/mol. The van der Waals surface area contributed by atoms with Crippen LogP contribution in [0.5, 0.6) is 0 Å². The predicted molar refractivity (Wildman–Crippen MR) is 85.4 cm³/mol. The van der Waals surface area contributed by atoms with Gasteiger partial charge in [-0.3, -0.25) is 4.79 Å². The number of hydrogen-bond acceptors (Lipinski definition) is 2. The van der Waals surface area contributed by atoms with Crippen LogP contribution in [0, 0.1) is 0 Å². The second kappa shape index (κ2) is 7.25. The molecule has 24 heavy (non-hydrogen) atoms. The number of carbonyl (C=O) groups excluding carboxylic acids is 1. The molecule has 1 amide bonds. The lowest BCUT2D eigenvalue weighted by Crippen LogP contribution is -2.35. The zero-order chi connectivity index (χ0) is 17.9. The summed E-state index contributed by atoms with van der Waals surface area (Å²) in [6, 6.07) is 5.67. The molecule has 130 valence electrons. The summed E-state index contributed by atoms with van der Waals surface area (Å²) in [4.78, 5) is 12.3. The number of aromatic nitrogens is 2. The molecule has 0 aliphatic carbocycles. The highest BCUT2D eigenvalue weighted by Crippen LogP contribution is 2.34. The highest BCUT2D eigenvalue weighted by Gasteiger charge is 2.40. The van der Waals surface area contributed by atoms with Gasteiger partial charge in [0.15, 0.2) is 5.69 Å². The largest absolute Gasteiger partial charge is 0.434 e. The van der Waals surface area contributed by atoms with E-state index in [2.05, 4.69) is 10.4 Å². The summed E-state index contributed by atoms with van der Waals surface area (Å²) in [5, 5.41) is 6.63. The van der Waals surface area contributed by atoms with Gasteiger partial charge >= 0.3 is 6.18 Å². The summed E-state index contributed by atoms with van der Waals surface area (Å²) in [7, 11) is 0. The van der Waals surface area contributed by atoms with Gasteiger partial charge in [0, 0.05) is 11.1 Å². The zero-order valence-corrected chi connectivity index (χ0v) is 13.9. The molecule has 0 fully saturated rings. The highest BCUT2D eigenvalue weighted by atomic mass is 35.5. The van der Waals surface area contributed by atoms with E-state index in [9.17, 15) is 18.0 Å². The van der Waals surface area contributed by atoms with Crippen molar-refractivity contribution < 1.29 is 18.0 Å². The van der Waals surface area contributed by atoms with Crippen LogP contribution in [0.1, 0.15) is 42.7 Å². The van der Waals surface area contributed by atoms with Crippen molar-refractivity contribution in [2.45, 2.75) is 38.9 Å². The second-order valence-corrected chi connectivity index (χ2v) is 5.72. The number of carbonyl (C=O) groups is 1. The van der Waals surface area contributed by atoms with Crippen LogP contribution in [0.4, 0.5) is 13.2 Å². The summed E-state index contributed by atoms with van der Waals surface area (Å²) in [6.07, 6.45) is -2.54. The molecule has 0 spiro atoms. The van der Waals surface area contributed by atoms with E-state index in [0.717, 1.165) is 6.20 Å². The maximum Gasteiger partial charge on any atom is 0.434 e. The van der Waals surface area contributed by atoms with E-state index < -0.39 is 23.3 Å². The summed E-state index contributed by atoms with van der Waals surface area (Å²) in [5.41, 5.74) is -1.49. The Bertz CT molecular complexity index is 724. The molecule has 1 aromatic carbocycles. The molecule has 0 aliphatic rings. The fraction of sp³-hybridized carbons (Fsp3) is 0.375.